The Balaban J connectivity index is 2.43. The van der Waals surface area contributed by atoms with E-state index in [1.807, 2.05) is 13.8 Å². The fourth-order valence-electron chi connectivity index (χ4n) is 1.04. The third-order valence-corrected chi connectivity index (χ3v) is 2.21. The molecule has 0 bridgehead atoms. The van der Waals surface area contributed by atoms with Crippen molar-refractivity contribution < 1.29 is 4.79 Å². The number of nitrogens with zero attached hydrogens (tertiary/aromatic N) is 4. The molecule has 1 amide bonds. The molecule has 16 heavy (non-hydrogen) atoms. The summed E-state index contributed by atoms with van der Waals surface area (Å²) in [4.78, 5) is 17.0. The third kappa shape index (κ3) is 3.45. The third-order valence-electron chi connectivity index (χ3n) is 2.21. The van der Waals surface area contributed by atoms with Gasteiger partial charge in [0.15, 0.2) is 0 Å². The molecule has 0 spiro atoms. The number of aromatic nitrogens is 3. The van der Waals surface area contributed by atoms with E-state index in [2.05, 4.69) is 20.5 Å². The highest BCUT2D eigenvalue weighted by Gasteiger charge is 2.04. The Hall–Kier alpha value is -1.72. The van der Waals surface area contributed by atoms with Crippen LogP contribution in [-0.4, -0.2) is 46.6 Å². The minimum Gasteiger partial charge on any atom is -0.352 e. The molecular weight excluding hydrogens is 206 g/mol. The summed E-state index contributed by atoms with van der Waals surface area (Å²) in [5, 5.41) is 10.8. The molecule has 0 aromatic carbocycles. The SMILES string of the molecule is Cc1nnc(NCCC(=O)N(C)C)nc1C. The van der Waals surface area contributed by atoms with Crippen LogP contribution in [0.25, 0.3) is 0 Å². The van der Waals surface area contributed by atoms with E-state index in [1.165, 1.54) is 0 Å². The van der Waals surface area contributed by atoms with Crippen LogP contribution in [0.5, 0.6) is 0 Å². The van der Waals surface area contributed by atoms with Gasteiger partial charge in [0.2, 0.25) is 11.9 Å². The van der Waals surface area contributed by atoms with Gasteiger partial charge >= 0.3 is 0 Å². The molecule has 0 aliphatic heterocycles. The maximum atomic E-state index is 11.3. The Morgan fingerprint density at radius 2 is 1.94 bits per heavy atom. The van der Waals surface area contributed by atoms with Gasteiger partial charge in [-0.2, -0.15) is 5.10 Å². The number of hydrogen-bond donors (Lipinski definition) is 1. The van der Waals surface area contributed by atoms with E-state index in [1.54, 1.807) is 19.0 Å². The first-order chi connectivity index (χ1) is 7.50. The summed E-state index contributed by atoms with van der Waals surface area (Å²) >= 11 is 0. The molecular formula is C10H17N5O. The van der Waals surface area contributed by atoms with E-state index < -0.39 is 0 Å². The normalized spacial score (nSPS) is 10.0. The summed E-state index contributed by atoms with van der Waals surface area (Å²) in [7, 11) is 3.47. The molecule has 0 aliphatic rings. The number of hydrogen-bond acceptors (Lipinski definition) is 5. The van der Waals surface area contributed by atoms with Crippen molar-refractivity contribution in [2.24, 2.45) is 0 Å². The number of nitrogens with one attached hydrogen (secondary N) is 1. The van der Waals surface area contributed by atoms with E-state index in [-0.39, 0.29) is 5.91 Å². The van der Waals surface area contributed by atoms with Crippen molar-refractivity contribution in [1.82, 2.24) is 20.1 Å². The van der Waals surface area contributed by atoms with Gasteiger partial charge in [-0.25, -0.2) is 4.98 Å². The van der Waals surface area contributed by atoms with Crippen LogP contribution in [0.4, 0.5) is 5.95 Å². The standard InChI is InChI=1S/C10H17N5O/c1-7-8(2)13-14-10(12-7)11-6-5-9(16)15(3)4/h5-6H2,1-4H3,(H,11,12,14). The fourth-order valence-corrected chi connectivity index (χ4v) is 1.04. The van der Waals surface area contributed by atoms with Crippen LogP contribution in [0, 0.1) is 13.8 Å². The number of carbonyl (C=O) groups excluding carboxylic acids is 1. The van der Waals surface area contributed by atoms with Crippen LogP contribution < -0.4 is 5.32 Å². The lowest BCUT2D eigenvalue weighted by Gasteiger charge is -2.10. The minimum absolute atomic E-state index is 0.0734. The zero-order chi connectivity index (χ0) is 12.1. The summed E-state index contributed by atoms with van der Waals surface area (Å²) in [6, 6.07) is 0. The van der Waals surface area contributed by atoms with Crippen LogP contribution in [0.3, 0.4) is 0 Å². The average molecular weight is 223 g/mol. The zero-order valence-electron chi connectivity index (χ0n) is 10.1. The molecule has 0 atom stereocenters. The van der Waals surface area contributed by atoms with Crippen LogP contribution in [0.2, 0.25) is 0 Å². The van der Waals surface area contributed by atoms with Crippen molar-refractivity contribution in [3.63, 3.8) is 0 Å². The monoisotopic (exact) mass is 223 g/mol. The second-order valence-electron chi connectivity index (χ2n) is 3.77. The summed E-state index contributed by atoms with van der Waals surface area (Å²) in [5.41, 5.74) is 1.66. The topological polar surface area (TPSA) is 71.0 Å². The number of carbonyl (C=O) groups is 1. The second kappa shape index (κ2) is 5.39. The van der Waals surface area contributed by atoms with Gasteiger partial charge in [0, 0.05) is 27.1 Å². The Labute approximate surface area is 95.1 Å². The maximum Gasteiger partial charge on any atom is 0.242 e. The molecule has 0 saturated carbocycles. The van der Waals surface area contributed by atoms with Crippen molar-refractivity contribution in [3.05, 3.63) is 11.4 Å². The van der Waals surface area contributed by atoms with Crippen molar-refractivity contribution in [2.75, 3.05) is 26.0 Å². The second-order valence-corrected chi connectivity index (χ2v) is 3.77. The molecule has 1 aromatic heterocycles. The molecule has 6 nitrogen and oxygen atoms in total. The molecule has 88 valence electrons. The number of rotatable bonds is 4. The molecule has 0 unspecified atom stereocenters. The summed E-state index contributed by atoms with van der Waals surface area (Å²) < 4.78 is 0. The number of anilines is 1. The van der Waals surface area contributed by atoms with E-state index in [0.717, 1.165) is 11.4 Å². The number of amides is 1. The highest BCUT2D eigenvalue weighted by atomic mass is 16.2. The Morgan fingerprint density at radius 3 is 2.50 bits per heavy atom. The molecule has 0 saturated heterocycles. The Kier molecular flexibility index (Phi) is 4.16. The van der Waals surface area contributed by atoms with Crippen molar-refractivity contribution in [3.8, 4) is 0 Å². The van der Waals surface area contributed by atoms with E-state index in [4.69, 9.17) is 0 Å². The molecule has 6 heteroatoms. The van der Waals surface area contributed by atoms with E-state index in [9.17, 15) is 4.79 Å². The van der Waals surface area contributed by atoms with Crippen LogP contribution in [0.15, 0.2) is 0 Å². The van der Waals surface area contributed by atoms with Crippen molar-refractivity contribution in [1.29, 1.82) is 0 Å². The highest BCUT2D eigenvalue weighted by molar-refractivity contribution is 5.75. The lowest BCUT2D eigenvalue weighted by atomic mass is 10.4. The molecule has 0 fully saturated rings. The lowest BCUT2D eigenvalue weighted by molar-refractivity contribution is -0.128. The smallest absolute Gasteiger partial charge is 0.242 e. The molecule has 1 aromatic rings. The van der Waals surface area contributed by atoms with Gasteiger partial charge in [-0.3, -0.25) is 4.79 Å². The van der Waals surface area contributed by atoms with Gasteiger partial charge in [0.05, 0.1) is 11.4 Å². The first-order valence-electron chi connectivity index (χ1n) is 5.12. The molecule has 1 heterocycles. The van der Waals surface area contributed by atoms with Crippen molar-refractivity contribution >= 4 is 11.9 Å². The van der Waals surface area contributed by atoms with Gasteiger partial charge in [0.25, 0.3) is 0 Å². The predicted molar refractivity (Wildman–Crippen MR) is 61.1 cm³/mol. The quantitative estimate of drug-likeness (QED) is 0.799. The molecule has 1 N–H and O–H groups in total. The molecule has 0 radical (unpaired) electrons. The van der Waals surface area contributed by atoms with Crippen LogP contribution in [-0.2, 0) is 4.79 Å². The Morgan fingerprint density at radius 1 is 1.25 bits per heavy atom. The first kappa shape index (κ1) is 12.4. The van der Waals surface area contributed by atoms with Gasteiger partial charge in [0.1, 0.15) is 0 Å². The summed E-state index contributed by atoms with van der Waals surface area (Å²) in [6.45, 7) is 4.25. The lowest BCUT2D eigenvalue weighted by Crippen LogP contribution is -2.24. The van der Waals surface area contributed by atoms with Gasteiger partial charge in [-0.05, 0) is 13.8 Å². The Bertz CT molecular complexity index is 377. The molecule has 0 aliphatic carbocycles. The van der Waals surface area contributed by atoms with Gasteiger partial charge < -0.3 is 10.2 Å². The molecule has 1 rings (SSSR count). The van der Waals surface area contributed by atoms with E-state index >= 15 is 0 Å². The summed E-state index contributed by atoms with van der Waals surface area (Å²) in [5.74, 6) is 0.541. The van der Waals surface area contributed by atoms with Crippen molar-refractivity contribution in [2.45, 2.75) is 20.3 Å². The van der Waals surface area contributed by atoms with Crippen LogP contribution >= 0.6 is 0 Å². The minimum atomic E-state index is 0.0734. The largest absolute Gasteiger partial charge is 0.352 e. The first-order valence-corrected chi connectivity index (χ1v) is 5.12. The summed E-state index contributed by atoms with van der Waals surface area (Å²) in [6.07, 6.45) is 0.420. The van der Waals surface area contributed by atoms with Gasteiger partial charge in [-0.15, -0.1) is 5.10 Å². The average Bonchev–Trinajstić information content (AvgIpc) is 2.23. The highest BCUT2D eigenvalue weighted by Crippen LogP contribution is 2.01. The van der Waals surface area contributed by atoms with Crippen LogP contribution in [0.1, 0.15) is 17.8 Å². The van der Waals surface area contributed by atoms with Gasteiger partial charge in [-0.1, -0.05) is 0 Å². The van der Waals surface area contributed by atoms with E-state index in [0.29, 0.717) is 18.9 Å². The maximum absolute atomic E-state index is 11.3. The number of aryl methyl sites for hydroxylation is 2. The fraction of sp³-hybridized carbons (Fsp3) is 0.600. The zero-order valence-corrected chi connectivity index (χ0v) is 10.1. The predicted octanol–water partition coefficient (Wildman–Crippen LogP) is 0.379.